The van der Waals surface area contributed by atoms with Crippen molar-refractivity contribution in [3.8, 4) is 6.07 Å². The van der Waals surface area contributed by atoms with Gasteiger partial charge in [-0.25, -0.2) is 4.98 Å². The van der Waals surface area contributed by atoms with Crippen molar-refractivity contribution < 1.29 is 4.79 Å². The van der Waals surface area contributed by atoms with Gasteiger partial charge in [-0.2, -0.15) is 5.26 Å². The van der Waals surface area contributed by atoms with Gasteiger partial charge in [0, 0.05) is 31.7 Å². The lowest BCUT2D eigenvalue weighted by Gasteiger charge is -2.42. The number of pyridine rings is 1. The second kappa shape index (κ2) is 5.00. The van der Waals surface area contributed by atoms with Crippen molar-refractivity contribution in [1.82, 2.24) is 10.3 Å². The summed E-state index contributed by atoms with van der Waals surface area (Å²) in [6.07, 6.45) is 4.02. The number of hydrogen-bond acceptors (Lipinski definition) is 5. The van der Waals surface area contributed by atoms with E-state index in [1.165, 1.54) is 0 Å². The zero-order valence-corrected chi connectivity index (χ0v) is 11.2. The molecule has 2 unspecified atom stereocenters. The molecule has 1 amide bonds. The van der Waals surface area contributed by atoms with Crippen LogP contribution in [0, 0.1) is 17.2 Å². The molecule has 2 saturated heterocycles. The van der Waals surface area contributed by atoms with Crippen LogP contribution in [0.15, 0.2) is 12.3 Å². The van der Waals surface area contributed by atoms with E-state index in [-0.39, 0.29) is 11.9 Å². The first-order valence-corrected chi connectivity index (χ1v) is 6.88. The molecule has 3 rings (SSSR count). The van der Waals surface area contributed by atoms with Crippen LogP contribution >= 0.6 is 0 Å². The summed E-state index contributed by atoms with van der Waals surface area (Å²) in [7, 11) is 0. The molecule has 20 heavy (non-hydrogen) atoms. The minimum Gasteiger partial charge on any atom is -0.395 e. The number of nitrogens with two attached hydrogens (primary N) is 1. The number of carbonyl (C=O) groups is 1. The van der Waals surface area contributed by atoms with Crippen molar-refractivity contribution in [1.29, 1.82) is 5.26 Å². The Hall–Kier alpha value is -2.29. The first kappa shape index (κ1) is 12.7. The normalized spacial score (nSPS) is 25.6. The first-order valence-electron chi connectivity index (χ1n) is 6.88. The number of piperidine rings is 2. The third-order valence-corrected chi connectivity index (χ3v) is 4.21. The zero-order valence-electron chi connectivity index (χ0n) is 11.2. The molecule has 3 N–H and O–H groups in total. The van der Waals surface area contributed by atoms with Crippen LogP contribution in [-0.4, -0.2) is 30.0 Å². The van der Waals surface area contributed by atoms with Gasteiger partial charge in [0.2, 0.25) is 5.91 Å². The molecule has 6 heteroatoms. The van der Waals surface area contributed by atoms with Crippen LogP contribution in [0.25, 0.3) is 0 Å². The SMILES string of the molecule is N#Cc1ccnc(N2CCC3NC(=O)CCC3C2)c1N. The third-order valence-electron chi connectivity index (χ3n) is 4.21. The number of nitrogens with one attached hydrogen (secondary N) is 1. The quantitative estimate of drug-likeness (QED) is 0.781. The van der Waals surface area contributed by atoms with Crippen molar-refractivity contribution >= 4 is 17.4 Å². The van der Waals surface area contributed by atoms with Crippen molar-refractivity contribution in [3.63, 3.8) is 0 Å². The molecule has 2 fully saturated rings. The average Bonchev–Trinajstić information content (AvgIpc) is 2.47. The van der Waals surface area contributed by atoms with Crippen LogP contribution in [0.1, 0.15) is 24.8 Å². The minimum absolute atomic E-state index is 0.156. The summed E-state index contributed by atoms with van der Waals surface area (Å²) in [5.41, 5.74) is 6.94. The molecule has 1 aromatic rings. The van der Waals surface area contributed by atoms with Gasteiger partial charge in [0.15, 0.2) is 5.82 Å². The number of aromatic nitrogens is 1. The highest BCUT2D eigenvalue weighted by Crippen LogP contribution is 2.31. The summed E-state index contributed by atoms with van der Waals surface area (Å²) in [5.74, 6) is 1.29. The molecule has 0 saturated carbocycles. The molecule has 2 atom stereocenters. The van der Waals surface area contributed by atoms with Gasteiger partial charge in [0.25, 0.3) is 0 Å². The minimum atomic E-state index is 0.156. The van der Waals surface area contributed by atoms with Crippen LogP contribution in [0.2, 0.25) is 0 Å². The summed E-state index contributed by atoms with van der Waals surface area (Å²) in [5, 5.41) is 12.1. The number of rotatable bonds is 1. The fraction of sp³-hybridized carbons (Fsp3) is 0.500. The molecule has 0 bridgehead atoms. The molecule has 0 spiro atoms. The maximum Gasteiger partial charge on any atom is 0.220 e. The van der Waals surface area contributed by atoms with Crippen LogP contribution in [0.4, 0.5) is 11.5 Å². The van der Waals surface area contributed by atoms with E-state index in [0.717, 1.165) is 25.9 Å². The van der Waals surface area contributed by atoms with Gasteiger partial charge in [-0.15, -0.1) is 0 Å². The van der Waals surface area contributed by atoms with Crippen LogP contribution in [0.5, 0.6) is 0 Å². The highest BCUT2D eigenvalue weighted by Gasteiger charge is 2.34. The second-order valence-electron chi connectivity index (χ2n) is 5.42. The Bertz CT molecular complexity index is 579. The number of anilines is 2. The molecule has 0 radical (unpaired) electrons. The van der Waals surface area contributed by atoms with Gasteiger partial charge in [0.1, 0.15) is 6.07 Å². The van der Waals surface area contributed by atoms with Gasteiger partial charge in [-0.05, 0) is 24.8 Å². The summed E-state index contributed by atoms with van der Waals surface area (Å²) >= 11 is 0. The number of carbonyl (C=O) groups excluding carboxylic acids is 1. The topological polar surface area (TPSA) is 95.0 Å². The lowest BCUT2D eigenvalue weighted by molar-refractivity contribution is -0.124. The van der Waals surface area contributed by atoms with E-state index >= 15 is 0 Å². The molecule has 1 aromatic heterocycles. The number of nitriles is 1. The number of amides is 1. The van der Waals surface area contributed by atoms with Crippen LogP contribution in [-0.2, 0) is 4.79 Å². The Balaban J connectivity index is 1.80. The Kier molecular flexibility index (Phi) is 3.18. The smallest absolute Gasteiger partial charge is 0.220 e. The fourth-order valence-electron chi connectivity index (χ4n) is 3.11. The molecule has 0 aromatic carbocycles. The lowest BCUT2D eigenvalue weighted by atomic mass is 9.85. The van der Waals surface area contributed by atoms with Crippen LogP contribution < -0.4 is 16.0 Å². The predicted octanol–water partition coefficient (Wildman–Crippen LogP) is 0.640. The standard InChI is InChI=1S/C14H17N5O/c15-7-9-3-5-17-14(13(9)16)19-6-4-11-10(8-19)1-2-12(20)18-11/h3,5,10-11H,1-2,4,6,8,16H2,(H,18,20). The summed E-state index contributed by atoms with van der Waals surface area (Å²) in [4.78, 5) is 17.9. The first-order chi connectivity index (χ1) is 9.69. The number of nitrogens with zero attached hydrogens (tertiary/aromatic N) is 3. The van der Waals surface area contributed by atoms with Crippen molar-refractivity contribution in [2.45, 2.75) is 25.3 Å². The maximum atomic E-state index is 11.4. The second-order valence-corrected chi connectivity index (χ2v) is 5.42. The number of fused-ring (bicyclic) bond motifs is 1. The fourth-order valence-corrected chi connectivity index (χ4v) is 3.11. The maximum absolute atomic E-state index is 11.4. The Morgan fingerprint density at radius 1 is 1.50 bits per heavy atom. The zero-order chi connectivity index (χ0) is 14.1. The number of hydrogen-bond donors (Lipinski definition) is 2. The highest BCUT2D eigenvalue weighted by molar-refractivity contribution is 5.77. The largest absolute Gasteiger partial charge is 0.395 e. The summed E-state index contributed by atoms with van der Waals surface area (Å²) in [6.45, 7) is 1.63. The molecule has 104 valence electrons. The molecule has 2 aliphatic rings. The molecular weight excluding hydrogens is 254 g/mol. The summed E-state index contributed by atoms with van der Waals surface area (Å²) < 4.78 is 0. The Morgan fingerprint density at radius 3 is 3.15 bits per heavy atom. The van der Waals surface area contributed by atoms with E-state index in [2.05, 4.69) is 21.3 Å². The van der Waals surface area contributed by atoms with Gasteiger partial charge >= 0.3 is 0 Å². The summed E-state index contributed by atoms with van der Waals surface area (Å²) in [6, 6.07) is 3.99. The van der Waals surface area contributed by atoms with Gasteiger partial charge in [-0.1, -0.05) is 0 Å². The van der Waals surface area contributed by atoms with Gasteiger partial charge in [-0.3, -0.25) is 4.79 Å². The Morgan fingerprint density at radius 2 is 2.35 bits per heavy atom. The average molecular weight is 271 g/mol. The van der Waals surface area contributed by atoms with E-state index in [4.69, 9.17) is 11.0 Å². The van der Waals surface area contributed by atoms with Crippen molar-refractivity contribution in [3.05, 3.63) is 17.8 Å². The van der Waals surface area contributed by atoms with E-state index in [1.54, 1.807) is 12.3 Å². The monoisotopic (exact) mass is 271 g/mol. The molecule has 3 heterocycles. The van der Waals surface area contributed by atoms with E-state index < -0.39 is 0 Å². The Labute approximate surface area is 117 Å². The third kappa shape index (κ3) is 2.16. The molecule has 6 nitrogen and oxygen atoms in total. The van der Waals surface area contributed by atoms with E-state index in [0.29, 0.717) is 29.4 Å². The van der Waals surface area contributed by atoms with E-state index in [1.807, 2.05) is 0 Å². The van der Waals surface area contributed by atoms with Crippen LogP contribution in [0.3, 0.4) is 0 Å². The van der Waals surface area contributed by atoms with Gasteiger partial charge < -0.3 is 16.0 Å². The van der Waals surface area contributed by atoms with Crippen molar-refractivity contribution in [2.75, 3.05) is 23.7 Å². The molecule has 0 aliphatic carbocycles. The van der Waals surface area contributed by atoms with E-state index in [9.17, 15) is 4.79 Å². The lowest BCUT2D eigenvalue weighted by Crippen LogP contribution is -2.54. The van der Waals surface area contributed by atoms with Crippen molar-refractivity contribution in [2.24, 2.45) is 5.92 Å². The van der Waals surface area contributed by atoms with Gasteiger partial charge in [0.05, 0.1) is 11.3 Å². The number of nitrogen functional groups attached to an aromatic ring is 1. The molecule has 2 aliphatic heterocycles. The highest BCUT2D eigenvalue weighted by atomic mass is 16.1. The predicted molar refractivity (Wildman–Crippen MR) is 74.8 cm³/mol. The molecular formula is C14H17N5O.